The molecule has 2 aliphatic rings. The minimum atomic E-state index is -0.980. The van der Waals surface area contributed by atoms with Gasteiger partial charge in [-0.05, 0) is 37.0 Å². The van der Waals surface area contributed by atoms with Crippen molar-refractivity contribution in [2.45, 2.75) is 57.8 Å². The Kier molecular flexibility index (Phi) is 4.32. The highest BCUT2D eigenvalue weighted by atomic mass is 16.4. The number of hydrogen-bond acceptors (Lipinski definition) is 4. The smallest absolute Gasteiger partial charge is 0.108 e. The summed E-state index contributed by atoms with van der Waals surface area (Å²) in [5.41, 5.74) is 0.480. The molecular weight excluding hydrogens is 230 g/mol. The highest BCUT2D eigenvalue weighted by Crippen LogP contribution is 2.38. The maximum atomic E-state index is 9.68. The first kappa shape index (κ1) is 14.3. The van der Waals surface area contributed by atoms with Gasteiger partial charge in [0.25, 0.3) is 0 Å². The fourth-order valence-electron chi connectivity index (χ4n) is 3.23. The molecule has 0 bridgehead atoms. The lowest BCUT2D eigenvalue weighted by Crippen LogP contribution is -2.56. The summed E-state index contributed by atoms with van der Waals surface area (Å²) in [6, 6.07) is 0. The van der Waals surface area contributed by atoms with Gasteiger partial charge in [-0.15, -0.1) is 0 Å². The number of β-amino-alcohol motifs (C(OH)–C–C–N with tert-alkyl or cyclic N) is 2. The van der Waals surface area contributed by atoms with Crippen LogP contribution < -0.4 is 0 Å². The molecule has 0 aromatic carbocycles. The number of aliphatic hydroxyl groups is 3. The van der Waals surface area contributed by atoms with Gasteiger partial charge in [0.2, 0.25) is 0 Å². The van der Waals surface area contributed by atoms with Crippen molar-refractivity contribution in [2.24, 2.45) is 11.3 Å². The van der Waals surface area contributed by atoms with E-state index < -0.39 is 18.3 Å². The Hall–Kier alpha value is -0.160. The molecule has 18 heavy (non-hydrogen) atoms. The molecule has 1 aliphatic carbocycles. The van der Waals surface area contributed by atoms with Gasteiger partial charge in [-0.1, -0.05) is 13.8 Å². The zero-order valence-electron chi connectivity index (χ0n) is 11.5. The van der Waals surface area contributed by atoms with Crippen molar-refractivity contribution in [1.29, 1.82) is 0 Å². The third kappa shape index (κ3) is 3.44. The summed E-state index contributed by atoms with van der Waals surface area (Å²) in [5.74, 6) is 0.674. The van der Waals surface area contributed by atoms with E-state index in [4.69, 9.17) is 0 Å². The van der Waals surface area contributed by atoms with Crippen LogP contribution >= 0.6 is 0 Å². The Morgan fingerprint density at radius 1 is 1.00 bits per heavy atom. The number of piperidine rings is 1. The van der Waals surface area contributed by atoms with E-state index in [9.17, 15) is 15.3 Å². The van der Waals surface area contributed by atoms with Gasteiger partial charge in [0.1, 0.15) is 6.10 Å². The molecule has 3 atom stereocenters. The first-order valence-electron chi connectivity index (χ1n) is 7.14. The van der Waals surface area contributed by atoms with E-state index in [0.717, 1.165) is 6.54 Å². The topological polar surface area (TPSA) is 63.9 Å². The molecule has 0 aromatic rings. The van der Waals surface area contributed by atoms with Crippen LogP contribution in [0.2, 0.25) is 0 Å². The number of likely N-dealkylation sites (tertiary alicyclic amines) is 1. The predicted molar refractivity (Wildman–Crippen MR) is 70.2 cm³/mol. The van der Waals surface area contributed by atoms with E-state index >= 15 is 0 Å². The Balaban J connectivity index is 1.80. The maximum Gasteiger partial charge on any atom is 0.108 e. The average Bonchev–Trinajstić information content (AvgIpc) is 2.29. The van der Waals surface area contributed by atoms with E-state index in [1.807, 2.05) is 0 Å². The molecule has 4 heteroatoms. The molecule has 0 spiro atoms. The van der Waals surface area contributed by atoms with Gasteiger partial charge in [0.05, 0.1) is 12.2 Å². The van der Waals surface area contributed by atoms with Crippen LogP contribution in [0.1, 0.15) is 39.5 Å². The van der Waals surface area contributed by atoms with Gasteiger partial charge in [-0.25, -0.2) is 0 Å². The summed E-state index contributed by atoms with van der Waals surface area (Å²) < 4.78 is 0. The quantitative estimate of drug-likeness (QED) is 0.678. The lowest BCUT2D eigenvalue weighted by molar-refractivity contribution is -0.112. The summed E-state index contributed by atoms with van der Waals surface area (Å²) in [6.07, 6.45) is 2.39. The fourth-order valence-corrected chi connectivity index (χ4v) is 3.23. The number of aliphatic hydroxyl groups excluding tert-OH is 3. The highest BCUT2D eigenvalue weighted by Gasteiger charge is 2.35. The molecule has 106 valence electrons. The second-order valence-corrected chi connectivity index (χ2v) is 6.95. The first-order chi connectivity index (χ1) is 8.37. The van der Waals surface area contributed by atoms with E-state index in [2.05, 4.69) is 18.7 Å². The van der Waals surface area contributed by atoms with Crippen LogP contribution in [-0.2, 0) is 0 Å². The van der Waals surface area contributed by atoms with Gasteiger partial charge >= 0.3 is 0 Å². The molecule has 1 heterocycles. The van der Waals surface area contributed by atoms with Crippen molar-refractivity contribution < 1.29 is 15.3 Å². The lowest BCUT2D eigenvalue weighted by Gasteiger charge is -2.41. The van der Waals surface area contributed by atoms with E-state index in [1.54, 1.807) is 0 Å². The lowest BCUT2D eigenvalue weighted by atomic mass is 9.73. The maximum absolute atomic E-state index is 9.68. The number of nitrogens with zero attached hydrogens (tertiary/aromatic N) is 1. The van der Waals surface area contributed by atoms with E-state index in [0.29, 0.717) is 24.4 Å². The number of rotatable bonds is 2. The molecule has 4 nitrogen and oxygen atoms in total. The van der Waals surface area contributed by atoms with Gasteiger partial charge in [0, 0.05) is 19.6 Å². The van der Waals surface area contributed by atoms with Crippen LogP contribution in [0, 0.1) is 11.3 Å². The molecular formula is C14H27NO3. The summed E-state index contributed by atoms with van der Waals surface area (Å²) in [7, 11) is 0. The average molecular weight is 257 g/mol. The highest BCUT2D eigenvalue weighted by molar-refractivity contribution is 4.88. The number of hydrogen-bond donors (Lipinski definition) is 3. The van der Waals surface area contributed by atoms with Crippen molar-refractivity contribution >= 4 is 0 Å². The van der Waals surface area contributed by atoms with Gasteiger partial charge < -0.3 is 15.3 Å². The molecule has 2 fully saturated rings. The first-order valence-corrected chi connectivity index (χ1v) is 7.14. The second kappa shape index (κ2) is 5.45. The third-order valence-corrected chi connectivity index (χ3v) is 4.65. The Labute approximate surface area is 110 Å². The normalized spacial score (nSPS) is 38.8. The summed E-state index contributed by atoms with van der Waals surface area (Å²) in [6.45, 7) is 6.56. The monoisotopic (exact) mass is 257 g/mol. The molecule has 0 aromatic heterocycles. The summed E-state index contributed by atoms with van der Waals surface area (Å²) in [4.78, 5) is 2.10. The SMILES string of the molecule is CC1(C)CCC(CN2C[C@@H](O)C(O)[C@@H](O)C2)CC1. The molecule has 2 rings (SSSR count). The molecule has 1 aliphatic heterocycles. The summed E-state index contributed by atoms with van der Waals surface area (Å²) in [5, 5.41) is 28.9. The van der Waals surface area contributed by atoms with Crippen LogP contribution in [0.5, 0.6) is 0 Å². The van der Waals surface area contributed by atoms with Crippen LogP contribution in [0.4, 0.5) is 0 Å². The minimum absolute atomic E-state index is 0.480. The van der Waals surface area contributed by atoms with Gasteiger partial charge in [-0.2, -0.15) is 0 Å². The van der Waals surface area contributed by atoms with Crippen LogP contribution in [0.25, 0.3) is 0 Å². The standard InChI is InChI=1S/C14H27NO3/c1-14(2)5-3-10(4-6-14)7-15-8-11(16)13(18)12(17)9-15/h10-13,16-18H,3-9H2,1-2H3/t11-,12+,13?. The van der Waals surface area contributed by atoms with E-state index in [-0.39, 0.29) is 0 Å². The van der Waals surface area contributed by atoms with Crippen LogP contribution in [0.15, 0.2) is 0 Å². The van der Waals surface area contributed by atoms with Crippen molar-refractivity contribution in [1.82, 2.24) is 4.90 Å². The minimum Gasteiger partial charge on any atom is -0.389 e. The zero-order chi connectivity index (χ0) is 13.3. The van der Waals surface area contributed by atoms with Crippen LogP contribution in [-0.4, -0.2) is 58.2 Å². The van der Waals surface area contributed by atoms with Crippen molar-refractivity contribution in [3.8, 4) is 0 Å². The molecule has 0 radical (unpaired) electrons. The van der Waals surface area contributed by atoms with Gasteiger partial charge in [0.15, 0.2) is 0 Å². The molecule has 0 amide bonds. The van der Waals surface area contributed by atoms with Crippen molar-refractivity contribution in [3.05, 3.63) is 0 Å². The van der Waals surface area contributed by atoms with Crippen LogP contribution in [0.3, 0.4) is 0 Å². The third-order valence-electron chi connectivity index (χ3n) is 4.65. The van der Waals surface area contributed by atoms with E-state index in [1.165, 1.54) is 25.7 Å². The van der Waals surface area contributed by atoms with Crippen molar-refractivity contribution in [3.63, 3.8) is 0 Å². The molecule has 1 unspecified atom stereocenters. The van der Waals surface area contributed by atoms with Crippen molar-refractivity contribution in [2.75, 3.05) is 19.6 Å². The Morgan fingerprint density at radius 2 is 1.50 bits per heavy atom. The Bertz CT molecular complexity index is 260. The molecule has 3 N–H and O–H groups in total. The molecule has 1 saturated carbocycles. The zero-order valence-corrected chi connectivity index (χ0v) is 11.5. The summed E-state index contributed by atoms with van der Waals surface area (Å²) >= 11 is 0. The predicted octanol–water partition coefficient (Wildman–Crippen LogP) is 0.601. The second-order valence-electron chi connectivity index (χ2n) is 6.95. The van der Waals surface area contributed by atoms with Gasteiger partial charge in [-0.3, -0.25) is 4.90 Å². The Morgan fingerprint density at radius 3 is 2.00 bits per heavy atom. The largest absolute Gasteiger partial charge is 0.389 e. The fraction of sp³-hybridized carbons (Fsp3) is 1.00. The molecule has 1 saturated heterocycles.